The quantitative estimate of drug-likeness (QED) is 0.267. The molecule has 0 fully saturated rings. The van der Waals surface area contributed by atoms with Crippen LogP contribution in [0, 0.1) is 6.07 Å². The van der Waals surface area contributed by atoms with Crippen LogP contribution in [-0.4, -0.2) is 0 Å². The summed E-state index contributed by atoms with van der Waals surface area (Å²) in [6, 6.07) is 11.1. The van der Waals surface area contributed by atoms with Gasteiger partial charge in [-0.3, -0.25) is 0 Å². The predicted octanol–water partition coefficient (Wildman–Crippen LogP) is 6.97. The van der Waals surface area contributed by atoms with Crippen molar-refractivity contribution in [1.29, 1.82) is 0 Å². The largest absolute Gasteiger partial charge is 0.0616 e. The van der Waals surface area contributed by atoms with E-state index in [-0.39, 0.29) is 0 Å². The summed E-state index contributed by atoms with van der Waals surface area (Å²) >= 11 is 17.8. The minimum atomic E-state index is 0.968. The van der Waals surface area contributed by atoms with Crippen molar-refractivity contribution in [1.82, 2.24) is 0 Å². The Balaban J connectivity index is 2.80. The minimum absolute atomic E-state index is 0.968. The molecule has 0 atom stereocenters. The molecule has 87 valence electrons. The SMILES string of the molecule is Brc1c(Br)c(Br)c(-c2[c]cccc2)c(Br)c1Br. The number of hydrogen-bond donors (Lipinski definition) is 0. The van der Waals surface area contributed by atoms with E-state index in [0.29, 0.717) is 0 Å². The van der Waals surface area contributed by atoms with Crippen LogP contribution in [0.15, 0.2) is 46.6 Å². The second kappa shape index (κ2) is 5.87. The lowest BCUT2D eigenvalue weighted by molar-refractivity contribution is 1.44. The molecule has 1 radical (unpaired) electrons. The van der Waals surface area contributed by atoms with Crippen molar-refractivity contribution in [3.8, 4) is 11.1 Å². The van der Waals surface area contributed by atoms with Crippen molar-refractivity contribution >= 4 is 79.6 Å². The highest BCUT2D eigenvalue weighted by atomic mass is 79.9. The van der Waals surface area contributed by atoms with Gasteiger partial charge in [-0.1, -0.05) is 24.3 Å². The summed E-state index contributed by atoms with van der Waals surface area (Å²) in [4.78, 5) is 0. The number of benzene rings is 2. The average Bonchev–Trinajstić information content (AvgIpc) is 2.36. The standard InChI is InChI=1S/C12H4Br5/c13-8-7(6-4-2-1-3-5-6)9(14)11(16)12(17)10(8)15/h1-4H. The molecule has 0 nitrogen and oxygen atoms in total. The maximum Gasteiger partial charge on any atom is 0.0482 e. The third-order valence-corrected chi connectivity index (χ3v) is 8.28. The van der Waals surface area contributed by atoms with Gasteiger partial charge in [0.1, 0.15) is 0 Å². The Hall–Kier alpha value is 0.840. The van der Waals surface area contributed by atoms with E-state index in [1.54, 1.807) is 0 Å². The number of rotatable bonds is 1. The van der Waals surface area contributed by atoms with Gasteiger partial charge >= 0.3 is 0 Å². The van der Waals surface area contributed by atoms with Crippen LogP contribution >= 0.6 is 79.6 Å². The molecule has 2 aromatic carbocycles. The lowest BCUT2D eigenvalue weighted by atomic mass is 10.1. The lowest BCUT2D eigenvalue weighted by Crippen LogP contribution is -1.87. The molecule has 0 aromatic heterocycles. The zero-order valence-corrected chi connectivity index (χ0v) is 16.1. The van der Waals surface area contributed by atoms with Gasteiger partial charge in [0.05, 0.1) is 0 Å². The summed E-state index contributed by atoms with van der Waals surface area (Å²) in [6.45, 7) is 0. The van der Waals surface area contributed by atoms with E-state index >= 15 is 0 Å². The van der Waals surface area contributed by atoms with Gasteiger partial charge < -0.3 is 0 Å². The summed E-state index contributed by atoms with van der Waals surface area (Å²) in [6.07, 6.45) is 0. The van der Waals surface area contributed by atoms with Crippen LogP contribution in [-0.2, 0) is 0 Å². The molecule has 0 unspecified atom stereocenters. The minimum Gasteiger partial charge on any atom is -0.0616 e. The first-order valence-electron chi connectivity index (χ1n) is 4.52. The highest BCUT2D eigenvalue weighted by molar-refractivity contribution is 9.15. The van der Waals surface area contributed by atoms with Crippen molar-refractivity contribution in [2.45, 2.75) is 0 Å². The van der Waals surface area contributed by atoms with E-state index in [1.807, 2.05) is 24.3 Å². The lowest BCUT2D eigenvalue weighted by Gasteiger charge is -2.13. The second-order valence-electron chi connectivity index (χ2n) is 3.22. The summed E-state index contributed by atoms with van der Waals surface area (Å²) < 4.78 is 4.89. The van der Waals surface area contributed by atoms with Crippen LogP contribution in [0.4, 0.5) is 0 Å². The molecule has 0 aliphatic heterocycles. The molecular formula is C12H4Br5. The van der Waals surface area contributed by atoms with Crippen LogP contribution in [0.1, 0.15) is 0 Å². The summed E-state index contributed by atoms with van der Waals surface area (Å²) in [5.41, 5.74) is 2.09. The first-order valence-corrected chi connectivity index (χ1v) is 8.49. The van der Waals surface area contributed by atoms with Gasteiger partial charge in [0.25, 0.3) is 0 Å². The van der Waals surface area contributed by atoms with Crippen molar-refractivity contribution in [2.24, 2.45) is 0 Å². The molecule has 17 heavy (non-hydrogen) atoms. The summed E-state index contributed by atoms with van der Waals surface area (Å²) in [5, 5.41) is 0. The van der Waals surface area contributed by atoms with Crippen LogP contribution in [0.25, 0.3) is 11.1 Å². The fourth-order valence-corrected chi connectivity index (χ4v) is 4.86. The maximum absolute atomic E-state index is 3.61. The Kier molecular flexibility index (Phi) is 4.92. The molecule has 2 aromatic rings. The summed E-state index contributed by atoms with van der Waals surface area (Å²) in [7, 11) is 0. The van der Waals surface area contributed by atoms with Crippen LogP contribution in [0.2, 0.25) is 0 Å². The maximum atomic E-state index is 3.61. The van der Waals surface area contributed by atoms with Gasteiger partial charge in [0.2, 0.25) is 0 Å². The van der Waals surface area contributed by atoms with E-state index in [4.69, 9.17) is 0 Å². The Morgan fingerprint density at radius 2 is 1.24 bits per heavy atom. The molecule has 2 rings (SSSR count). The third-order valence-electron chi connectivity index (χ3n) is 2.19. The van der Waals surface area contributed by atoms with Crippen LogP contribution in [0.3, 0.4) is 0 Å². The molecule has 0 saturated carbocycles. The molecule has 0 amide bonds. The highest BCUT2D eigenvalue weighted by Gasteiger charge is 2.18. The van der Waals surface area contributed by atoms with Crippen LogP contribution in [0.5, 0.6) is 0 Å². The first-order chi connectivity index (χ1) is 8.04. The van der Waals surface area contributed by atoms with Crippen molar-refractivity contribution < 1.29 is 0 Å². The molecule has 0 saturated heterocycles. The van der Waals surface area contributed by atoms with E-state index in [9.17, 15) is 0 Å². The van der Waals surface area contributed by atoms with E-state index in [2.05, 4.69) is 85.7 Å². The molecule has 0 N–H and O–H groups in total. The van der Waals surface area contributed by atoms with Crippen molar-refractivity contribution in [3.05, 3.63) is 52.7 Å². The zero-order chi connectivity index (χ0) is 12.6. The molecule has 0 aliphatic carbocycles. The zero-order valence-electron chi connectivity index (χ0n) is 8.20. The molecule has 0 heterocycles. The van der Waals surface area contributed by atoms with Crippen LogP contribution < -0.4 is 0 Å². The highest BCUT2D eigenvalue weighted by Crippen LogP contribution is 2.48. The molecule has 0 bridgehead atoms. The second-order valence-corrected chi connectivity index (χ2v) is 7.19. The predicted molar refractivity (Wildman–Crippen MR) is 89.2 cm³/mol. The van der Waals surface area contributed by atoms with E-state index < -0.39 is 0 Å². The van der Waals surface area contributed by atoms with Gasteiger partial charge in [-0.05, 0) is 91.3 Å². The number of hydrogen-bond acceptors (Lipinski definition) is 0. The smallest absolute Gasteiger partial charge is 0.0482 e. The Labute approximate surface area is 142 Å². The van der Waals surface area contributed by atoms with Gasteiger partial charge in [0.15, 0.2) is 0 Å². The molecular weight excluding hydrogens is 544 g/mol. The molecule has 0 spiro atoms. The van der Waals surface area contributed by atoms with Gasteiger partial charge in [-0.2, -0.15) is 0 Å². The topological polar surface area (TPSA) is 0 Å². The van der Waals surface area contributed by atoms with Crippen molar-refractivity contribution in [3.63, 3.8) is 0 Å². The first kappa shape index (κ1) is 14.3. The van der Waals surface area contributed by atoms with Gasteiger partial charge in [-0.15, -0.1) is 0 Å². The fraction of sp³-hybridized carbons (Fsp3) is 0. The van der Waals surface area contributed by atoms with Crippen molar-refractivity contribution in [2.75, 3.05) is 0 Å². The number of halogens is 5. The van der Waals surface area contributed by atoms with E-state index in [0.717, 1.165) is 33.5 Å². The van der Waals surface area contributed by atoms with Gasteiger partial charge in [0, 0.05) is 27.9 Å². The Bertz CT molecular complexity index is 534. The van der Waals surface area contributed by atoms with E-state index in [1.165, 1.54) is 0 Å². The summed E-state index contributed by atoms with van der Waals surface area (Å²) in [5.74, 6) is 0. The molecule has 0 aliphatic rings. The average molecular weight is 548 g/mol. The Morgan fingerprint density at radius 3 is 1.71 bits per heavy atom. The third kappa shape index (κ3) is 2.73. The fourth-order valence-electron chi connectivity index (χ4n) is 1.39. The normalized spacial score (nSPS) is 10.6. The Morgan fingerprint density at radius 1 is 0.706 bits per heavy atom. The van der Waals surface area contributed by atoms with Gasteiger partial charge in [-0.25, -0.2) is 0 Å². The molecule has 5 heteroatoms. The monoisotopic (exact) mass is 543 g/mol.